The van der Waals surface area contributed by atoms with Crippen molar-refractivity contribution in [3.05, 3.63) is 78.5 Å². The molecule has 0 bridgehead atoms. The van der Waals surface area contributed by atoms with Crippen molar-refractivity contribution in [2.24, 2.45) is 0 Å². The average Bonchev–Trinajstić information content (AvgIpc) is 3.35. The molecule has 33 heavy (non-hydrogen) atoms. The molecule has 0 aliphatic rings. The number of hydrogen-bond acceptors (Lipinski definition) is 9. The van der Waals surface area contributed by atoms with E-state index in [0.717, 1.165) is 12.0 Å². The summed E-state index contributed by atoms with van der Waals surface area (Å²) in [7, 11) is -1.65. The Kier molecular flexibility index (Phi) is 8.82. The Bertz CT molecular complexity index is 991. The summed E-state index contributed by atoms with van der Waals surface area (Å²) in [6.07, 6.45) is 9.34. The van der Waals surface area contributed by atoms with Gasteiger partial charge >= 0.3 is 7.12 Å². The van der Waals surface area contributed by atoms with Gasteiger partial charge in [-0.25, -0.2) is 9.97 Å². The van der Waals surface area contributed by atoms with Crippen LogP contribution < -0.4 is 10.6 Å². The number of nitrogens with zero attached hydrogens (tertiary/aromatic N) is 3. The largest absolute Gasteiger partial charge is 0.469 e. The van der Waals surface area contributed by atoms with E-state index in [-0.39, 0.29) is 24.6 Å². The lowest BCUT2D eigenvalue weighted by molar-refractivity contribution is -0.113. The van der Waals surface area contributed by atoms with Crippen LogP contribution in [-0.2, 0) is 17.6 Å². The lowest BCUT2D eigenvalue weighted by Crippen LogP contribution is -2.60. The monoisotopic (exact) mass is 451 g/mol. The predicted octanol–water partition coefficient (Wildman–Crippen LogP) is 0.368. The number of hydrogen-bond donors (Lipinski definition) is 4. The van der Waals surface area contributed by atoms with E-state index in [1.54, 1.807) is 0 Å². The fraction of sp³-hybridized carbons (Fsp3) is 0.318. The van der Waals surface area contributed by atoms with Crippen molar-refractivity contribution in [3.63, 3.8) is 0 Å². The van der Waals surface area contributed by atoms with Crippen LogP contribution in [0.2, 0.25) is 0 Å². The second kappa shape index (κ2) is 12.0. The van der Waals surface area contributed by atoms with Gasteiger partial charge in [-0.15, -0.1) is 0 Å². The maximum Gasteiger partial charge on any atom is 0.469 e. The van der Waals surface area contributed by atoms with Gasteiger partial charge in [-0.05, 0) is 24.8 Å². The lowest BCUT2D eigenvalue weighted by atomic mass is 9.76. The Hall–Kier alpha value is -3.41. The van der Waals surface area contributed by atoms with Gasteiger partial charge in [0.1, 0.15) is 23.8 Å². The number of benzene rings is 1. The van der Waals surface area contributed by atoms with E-state index < -0.39 is 24.5 Å². The quantitative estimate of drug-likeness (QED) is 0.213. The van der Waals surface area contributed by atoms with E-state index in [4.69, 9.17) is 4.42 Å². The van der Waals surface area contributed by atoms with Crippen molar-refractivity contribution in [1.82, 2.24) is 25.6 Å². The highest BCUT2D eigenvalue weighted by atomic mass is 16.4. The summed E-state index contributed by atoms with van der Waals surface area (Å²) in [5.41, 5.74) is -0.282. The summed E-state index contributed by atoms with van der Waals surface area (Å²) in [5.74, 6) is -1.08. The van der Waals surface area contributed by atoms with E-state index in [9.17, 15) is 19.6 Å². The van der Waals surface area contributed by atoms with E-state index in [2.05, 4.69) is 25.6 Å². The molecule has 4 N–H and O–H groups in total. The third-order valence-electron chi connectivity index (χ3n) is 5.20. The van der Waals surface area contributed by atoms with Crippen molar-refractivity contribution < 1.29 is 24.1 Å². The van der Waals surface area contributed by atoms with Crippen LogP contribution in [0, 0.1) is 0 Å². The molecule has 0 fully saturated rings. The number of aromatic nitrogens is 3. The molecule has 2 atom stereocenters. The van der Waals surface area contributed by atoms with Crippen LogP contribution in [0.4, 0.5) is 0 Å². The molecular formula is C22H26BN5O5. The van der Waals surface area contributed by atoms with Gasteiger partial charge in [-0.2, -0.15) is 0 Å². The highest BCUT2D eigenvalue weighted by molar-refractivity contribution is 6.43. The van der Waals surface area contributed by atoms with Gasteiger partial charge in [0.25, 0.3) is 5.91 Å². The van der Waals surface area contributed by atoms with Crippen LogP contribution in [0.25, 0.3) is 0 Å². The zero-order valence-corrected chi connectivity index (χ0v) is 18.0. The molecule has 2 aromatic heterocycles. The summed E-state index contributed by atoms with van der Waals surface area (Å²) in [6, 6.07) is 9.86. The molecule has 3 rings (SSSR count). The number of rotatable bonds is 13. The number of oxazole rings is 1. The van der Waals surface area contributed by atoms with Crippen molar-refractivity contribution in [2.45, 2.75) is 37.2 Å². The highest BCUT2D eigenvalue weighted by Crippen LogP contribution is 2.13. The minimum absolute atomic E-state index is 0.0396. The zero-order valence-electron chi connectivity index (χ0n) is 18.0. The summed E-state index contributed by atoms with van der Waals surface area (Å²) >= 11 is 0. The Balaban J connectivity index is 1.69. The lowest BCUT2D eigenvalue weighted by Gasteiger charge is -2.30. The normalized spacial score (nSPS) is 13.6. The maximum atomic E-state index is 12.7. The van der Waals surface area contributed by atoms with Crippen molar-refractivity contribution >= 4 is 19.3 Å². The first-order chi connectivity index (χ1) is 16.0. The standard InChI is InChI=1S/C22H26BN5O5/c29-16-22(13-20-26-11-12-33-20,28-21(30)18-14-24-9-10-25-18)15-27-19(23(31)32)8-4-7-17-5-2-1-3-6-17/h1-3,5-6,9-12,14,16,19,27,31-32H,4,7-8,13,15H2,(H,28,30)/t19-,22?/m0/s1. The van der Waals surface area contributed by atoms with E-state index in [1.807, 2.05) is 30.3 Å². The first kappa shape index (κ1) is 24.2. The van der Waals surface area contributed by atoms with Gasteiger partial charge in [-0.3, -0.25) is 9.78 Å². The topological polar surface area (TPSA) is 150 Å². The van der Waals surface area contributed by atoms with Crippen LogP contribution in [0.1, 0.15) is 34.8 Å². The van der Waals surface area contributed by atoms with Gasteiger partial charge in [0, 0.05) is 24.9 Å². The minimum Gasteiger partial charge on any atom is -0.449 e. The molecule has 0 saturated carbocycles. The average molecular weight is 451 g/mol. The molecule has 11 heteroatoms. The number of carbonyl (C=O) groups excluding carboxylic acids is 2. The van der Waals surface area contributed by atoms with Gasteiger partial charge < -0.3 is 29.9 Å². The van der Waals surface area contributed by atoms with E-state index in [1.165, 1.54) is 31.1 Å². The van der Waals surface area contributed by atoms with Crippen LogP contribution in [0.3, 0.4) is 0 Å². The predicted molar refractivity (Wildman–Crippen MR) is 120 cm³/mol. The molecule has 172 valence electrons. The van der Waals surface area contributed by atoms with Crippen LogP contribution in [-0.4, -0.2) is 62.3 Å². The fourth-order valence-electron chi connectivity index (χ4n) is 3.42. The van der Waals surface area contributed by atoms with Gasteiger partial charge in [-0.1, -0.05) is 30.3 Å². The highest BCUT2D eigenvalue weighted by Gasteiger charge is 2.36. The van der Waals surface area contributed by atoms with Crippen LogP contribution >= 0.6 is 0 Å². The van der Waals surface area contributed by atoms with Crippen molar-refractivity contribution in [1.29, 1.82) is 0 Å². The van der Waals surface area contributed by atoms with Gasteiger partial charge in [0.2, 0.25) is 0 Å². The number of carbonyl (C=O) groups is 2. The molecule has 0 spiro atoms. The van der Waals surface area contributed by atoms with E-state index >= 15 is 0 Å². The maximum absolute atomic E-state index is 12.7. The first-order valence-corrected chi connectivity index (χ1v) is 10.6. The smallest absolute Gasteiger partial charge is 0.449 e. The third-order valence-corrected chi connectivity index (χ3v) is 5.20. The molecule has 10 nitrogen and oxygen atoms in total. The summed E-state index contributed by atoms with van der Waals surface area (Å²) in [4.78, 5) is 36.8. The molecule has 1 aromatic carbocycles. The minimum atomic E-state index is -1.65. The van der Waals surface area contributed by atoms with Crippen molar-refractivity contribution in [3.8, 4) is 0 Å². The molecule has 2 heterocycles. The van der Waals surface area contributed by atoms with Crippen LogP contribution in [0.5, 0.6) is 0 Å². The number of aryl methyl sites for hydroxylation is 1. The second-order valence-electron chi connectivity index (χ2n) is 7.70. The third kappa shape index (κ3) is 7.31. The molecule has 0 aliphatic carbocycles. The number of aldehydes is 1. The van der Waals surface area contributed by atoms with Gasteiger partial charge in [0.05, 0.1) is 18.8 Å². The molecular weight excluding hydrogens is 425 g/mol. The fourth-order valence-corrected chi connectivity index (χ4v) is 3.42. The zero-order chi connectivity index (χ0) is 23.5. The Labute approximate surface area is 191 Å². The van der Waals surface area contributed by atoms with E-state index in [0.29, 0.717) is 19.1 Å². The summed E-state index contributed by atoms with van der Waals surface area (Å²) < 4.78 is 5.27. The molecule has 1 unspecified atom stereocenters. The number of nitrogens with one attached hydrogen (secondary N) is 2. The molecule has 0 aliphatic heterocycles. The molecule has 3 aromatic rings. The Morgan fingerprint density at radius 3 is 2.64 bits per heavy atom. The summed E-state index contributed by atoms with van der Waals surface area (Å²) in [6.45, 7) is -0.0848. The first-order valence-electron chi connectivity index (χ1n) is 10.6. The molecule has 1 amide bonds. The van der Waals surface area contributed by atoms with Gasteiger partial charge in [0.15, 0.2) is 5.89 Å². The molecule has 0 radical (unpaired) electrons. The SMILES string of the molecule is O=CC(CN[C@@H](CCCc1ccccc1)B(O)O)(Cc1ncco1)NC(=O)c1cnccn1. The molecule has 0 saturated heterocycles. The van der Waals surface area contributed by atoms with Crippen molar-refractivity contribution in [2.75, 3.05) is 6.54 Å². The number of amides is 1. The van der Waals surface area contributed by atoms with Crippen LogP contribution in [0.15, 0.2) is 65.8 Å². The summed E-state index contributed by atoms with van der Waals surface area (Å²) in [5, 5.41) is 25.4. The second-order valence-corrected chi connectivity index (χ2v) is 7.70. The Morgan fingerprint density at radius 1 is 1.18 bits per heavy atom. The Morgan fingerprint density at radius 2 is 2.00 bits per heavy atom.